The van der Waals surface area contributed by atoms with Gasteiger partial charge in [-0.1, -0.05) is 12.2 Å². The molecule has 0 aliphatic carbocycles. The summed E-state index contributed by atoms with van der Waals surface area (Å²) >= 11 is 0. The predicted octanol–water partition coefficient (Wildman–Crippen LogP) is 1.21. The predicted molar refractivity (Wildman–Crippen MR) is 137 cm³/mol. The van der Waals surface area contributed by atoms with Crippen molar-refractivity contribution in [2.24, 2.45) is 0 Å². The molecule has 0 amide bonds. The fraction of sp³-hybridized carbons (Fsp3) is 0.400. The summed E-state index contributed by atoms with van der Waals surface area (Å²) in [5, 5.41) is 24.2. The van der Waals surface area contributed by atoms with E-state index in [0.29, 0.717) is 30.4 Å². The first-order valence-corrected chi connectivity index (χ1v) is 12.2. The number of hydrogen-bond acceptors (Lipinski definition) is 9. The number of piperazine rings is 1. The second kappa shape index (κ2) is 10.4. The lowest BCUT2D eigenvalue weighted by molar-refractivity contribution is 0.0572. The number of nitrogen functional groups attached to an aromatic ring is 1. The van der Waals surface area contributed by atoms with Crippen LogP contribution in [0.2, 0.25) is 0 Å². The minimum absolute atomic E-state index is 0.0792. The molecule has 1 aromatic carbocycles. The van der Waals surface area contributed by atoms with Gasteiger partial charge in [-0.15, -0.1) is 0 Å². The molecule has 12 heteroatoms. The van der Waals surface area contributed by atoms with Crippen LogP contribution in [-0.4, -0.2) is 92.9 Å². The van der Waals surface area contributed by atoms with Gasteiger partial charge in [-0.05, 0) is 19.1 Å². The third-order valence-electron chi connectivity index (χ3n) is 6.81. The Kier molecular flexibility index (Phi) is 7.04. The molecule has 2 saturated heterocycles. The Morgan fingerprint density at radius 2 is 1.59 bits per heavy atom. The van der Waals surface area contributed by atoms with E-state index in [-0.39, 0.29) is 19.0 Å². The van der Waals surface area contributed by atoms with E-state index in [4.69, 9.17) is 5.73 Å². The molecule has 196 valence electrons. The van der Waals surface area contributed by atoms with Gasteiger partial charge < -0.3 is 25.7 Å². The van der Waals surface area contributed by atoms with Gasteiger partial charge in [0, 0.05) is 69.2 Å². The summed E-state index contributed by atoms with van der Waals surface area (Å²) in [7, 11) is 0. The zero-order chi connectivity index (χ0) is 26.1. The van der Waals surface area contributed by atoms with Crippen LogP contribution in [0.4, 0.5) is 26.2 Å². The van der Waals surface area contributed by atoms with Gasteiger partial charge in [0.15, 0.2) is 5.82 Å². The molecule has 4 N–H and O–H groups in total. The van der Waals surface area contributed by atoms with E-state index in [2.05, 4.69) is 26.0 Å². The van der Waals surface area contributed by atoms with Crippen LogP contribution in [0.3, 0.4) is 0 Å². The van der Waals surface area contributed by atoms with Crippen molar-refractivity contribution < 1.29 is 19.0 Å². The van der Waals surface area contributed by atoms with E-state index in [9.17, 15) is 19.0 Å². The Morgan fingerprint density at radius 3 is 2.27 bits per heavy atom. The van der Waals surface area contributed by atoms with E-state index in [1.165, 1.54) is 12.1 Å². The van der Waals surface area contributed by atoms with Crippen molar-refractivity contribution >= 4 is 23.5 Å². The summed E-state index contributed by atoms with van der Waals surface area (Å²) in [5.74, 6) is -0.0299. The topological polar surface area (TPSA) is 120 Å². The number of aromatic nitrogens is 4. The van der Waals surface area contributed by atoms with Gasteiger partial charge in [0.2, 0.25) is 5.95 Å². The fourth-order valence-electron chi connectivity index (χ4n) is 4.72. The van der Waals surface area contributed by atoms with Crippen molar-refractivity contribution in [1.29, 1.82) is 0 Å². The molecule has 0 spiro atoms. The van der Waals surface area contributed by atoms with Gasteiger partial charge in [0.25, 0.3) is 0 Å². The van der Waals surface area contributed by atoms with Crippen LogP contribution < -0.4 is 15.5 Å². The monoisotopic (exact) mass is 512 g/mol. The van der Waals surface area contributed by atoms with Crippen LogP contribution in [0.1, 0.15) is 11.3 Å². The third-order valence-corrected chi connectivity index (χ3v) is 6.81. The van der Waals surface area contributed by atoms with Crippen molar-refractivity contribution in [3.05, 3.63) is 59.4 Å². The summed E-state index contributed by atoms with van der Waals surface area (Å²) in [6.07, 6.45) is 4.15. The Bertz CT molecular complexity index is 1260. The van der Waals surface area contributed by atoms with Crippen LogP contribution >= 0.6 is 0 Å². The molecule has 0 bridgehead atoms. The summed E-state index contributed by atoms with van der Waals surface area (Å²) in [5.41, 5.74) is 8.32. The standard InChI is InChI=1S/C25H30F2N8O2/c1-16-17(3-2-4-32-5-7-33(8-6-32)20-10-18(26)9-19(27)11-20)13-29-35(16)24-12-23(30-25(28)31-24)34-14-21(36)22(37)15-34/h2-3,9-13,21-22,36-37H,4-8,14-15H2,1H3,(H2,28,30,31). The number of rotatable bonds is 6. The number of benzene rings is 1. The van der Waals surface area contributed by atoms with Crippen LogP contribution in [0.25, 0.3) is 11.9 Å². The zero-order valence-corrected chi connectivity index (χ0v) is 20.5. The average Bonchev–Trinajstić information content (AvgIpc) is 3.40. The van der Waals surface area contributed by atoms with Gasteiger partial charge in [0.1, 0.15) is 17.5 Å². The molecule has 2 aliphatic heterocycles. The SMILES string of the molecule is Cc1c(C=CCN2CCN(c3cc(F)cc(F)c3)CC2)cnn1-c1cc(N2CC(O)C(O)C2)nc(N)n1. The fourth-order valence-corrected chi connectivity index (χ4v) is 4.72. The highest BCUT2D eigenvalue weighted by atomic mass is 19.1. The second-order valence-corrected chi connectivity index (χ2v) is 9.40. The van der Waals surface area contributed by atoms with E-state index < -0.39 is 23.8 Å². The van der Waals surface area contributed by atoms with Crippen molar-refractivity contribution in [3.63, 3.8) is 0 Å². The smallest absolute Gasteiger partial charge is 0.224 e. The maximum absolute atomic E-state index is 13.5. The molecular weight excluding hydrogens is 482 g/mol. The lowest BCUT2D eigenvalue weighted by Crippen LogP contribution is -2.46. The normalized spacial score (nSPS) is 20.9. The Balaban J connectivity index is 1.21. The van der Waals surface area contributed by atoms with Gasteiger partial charge in [-0.2, -0.15) is 15.1 Å². The van der Waals surface area contributed by atoms with Gasteiger partial charge in [-0.3, -0.25) is 4.90 Å². The molecule has 4 heterocycles. The van der Waals surface area contributed by atoms with Crippen molar-refractivity contribution in [2.45, 2.75) is 19.1 Å². The minimum atomic E-state index is -0.838. The molecule has 3 aromatic rings. The van der Waals surface area contributed by atoms with E-state index >= 15 is 0 Å². The molecule has 10 nitrogen and oxygen atoms in total. The van der Waals surface area contributed by atoms with Crippen LogP contribution in [0.5, 0.6) is 0 Å². The minimum Gasteiger partial charge on any atom is -0.389 e. The third kappa shape index (κ3) is 5.55. The largest absolute Gasteiger partial charge is 0.389 e. The number of nitrogens with zero attached hydrogens (tertiary/aromatic N) is 7. The maximum Gasteiger partial charge on any atom is 0.224 e. The van der Waals surface area contributed by atoms with Crippen molar-refractivity contribution in [3.8, 4) is 5.82 Å². The van der Waals surface area contributed by atoms with Crippen LogP contribution in [0, 0.1) is 18.6 Å². The van der Waals surface area contributed by atoms with Gasteiger partial charge in [-0.25, -0.2) is 13.5 Å². The molecular formula is C25H30F2N8O2. The first kappa shape index (κ1) is 25.1. The average molecular weight is 513 g/mol. The molecule has 0 radical (unpaired) electrons. The first-order chi connectivity index (χ1) is 17.8. The summed E-state index contributed by atoms with van der Waals surface area (Å²) < 4.78 is 28.8. The van der Waals surface area contributed by atoms with Crippen LogP contribution in [-0.2, 0) is 0 Å². The molecule has 2 unspecified atom stereocenters. The molecule has 2 fully saturated rings. The number of halogens is 2. The molecule has 2 atom stereocenters. The summed E-state index contributed by atoms with van der Waals surface area (Å²) in [4.78, 5) is 14.6. The van der Waals surface area contributed by atoms with Crippen molar-refractivity contribution in [1.82, 2.24) is 24.6 Å². The highest BCUT2D eigenvalue weighted by Crippen LogP contribution is 2.23. The van der Waals surface area contributed by atoms with Gasteiger partial charge in [0.05, 0.1) is 24.1 Å². The van der Waals surface area contributed by atoms with Gasteiger partial charge >= 0.3 is 0 Å². The second-order valence-electron chi connectivity index (χ2n) is 9.40. The van der Waals surface area contributed by atoms with E-state index in [1.807, 2.05) is 17.9 Å². The molecule has 2 aromatic heterocycles. The summed E-state index contributed by atoms with van der Waals surface area (Å²) in [6, 6.07) is 5.35. The quantitative estimate of drug-likeness (QED) is 0.448. The zero-order valence-electron chi connectivity index (χ0n) is 20.5. The molecule has 5 rings (SSSR count). The Hall–Kier alpha value is -3.61. The Morgan fingerprint density at radius 1 is 0.946 bits per heavy atom. The van der Waals surface area contributed by atoms with Crippen LogP contribution in [0.15, 0.2) is 36.5 Å². The first-order valence-electron chi connectivity index (χ1n) is 12.2. The number of nitrogens with two attached hydrogens (primary N) is 1. The molecule has 0 saturated carbocycles. The molecule has 2 aliphatic rings. The lowest BCUT2D eigenvalue weighted by atomic mass is 10.2. The maximum atomic E-state index is 13.5. The number of aliphatic hydroxyl groups excluding tert-OH is 2. The number of β-amino-alcohol motifs (C(OH)–C–C–N with tert-alkyl or cyclic N) is 2. The lowest BCUT2D eigenvalue weighted by Gasteiger charge is -2.35. The number of aliphatic hydroxyl groups is 2. The van der Waals surface area contributed by atoms with E-state index in [0.717, 1.165) is 37.0 Å². The highest BCUT2D eigenvalue weighted by molar-refractivity contribution is 5.54. The summed E-state index contributed by atoms with van der Waals surface area (Å²) in [6.45, 7) is 6.14. The van der Waals surface area contributed by atoms with Crippen molar-refractivity contribution in [2.75, 3.05) is 61.3 Å². The number of hydrogen-bond donors (Lipinski definition) is 3. The highest BCUT2D eigenvalue weighted by Gasteiger charge is 2.31. The number of anilines is 3. The molecule has 37 heavy (non-hydrogen) atoms. The Labute approximate surface area is 213 Å². The van der Waals surface area contributed by atoms with E-state index in [1.54, 1.807) is 21.8 Å².